The number of carbonyl (C=O) groups excluding carboxylic acids is 1. The van der Waals surface area contributed by atoms with Crippen LogP contribution in [0.5, 0.6) is 0 Å². The molecule has 5 heterocycles. The fraction of sp³-hybridized carbons (Fsp3) is 0.115. The molecule has 0 spiro atoms. The van der Waals surface area contributed by atoms with Crippen molar-refractivity contribution in [2.75, 3.05) is 5.32 Å². The average molecular weight is 480 g/mol. The molecule has 5 aromatic heterocycles. The Morgan fingerprint density at radius 3 is 2.83 bits per heavy atom. The van der Waals surface area contributed by atoms with Gasteiger partial charge in [-0.15, -0.1) is 11.3 Å². The molecule has 0 aliphatic heterocycles. The van der Waals surface area contributed by atoms with Gasteiger partial charge in [-0.2, -0.15) is 5.10 Å². The lowest BCUT2D eigenvalue weighted by Crippen LogP contribution is -2.10. The van der Waals surface area contributed by atoms with Crippen molar-refractivity contribution in [3.63, 3.8) is 0 Å². The van der Waals surface area contributed by atoms with Crippen LogP contribution in [0.4, 0.5) is 5.69 Å². The van der Waals surface area contributed by atoms with Gasteiger partial charge in [0.1, 0.15) is 5.52 Å². The fourth-order valence-electron chi connectivity index (χ4n) is 4.10. The fourth-order valence-corrected chi connectivity index (χ4v) is 4.85. The maximum atomic E-state index is 12.0. The van der Waals surface area contributed by atoms with Crippen LogP contribution in [0.2, 0.25) is 0 Å². The number of aromatic nitrogens is 6. The summed E-state index contributed by atoms with van der Waals surface area (Å²) >= 11 is 1.69. The van der Waals surface area contributed by atoms with Crippen molar-refractivity contribution in [1.29, 1.82) is 0 Å². The van der Waals surface area contributed by atoms with E-state index < -0.39 is 0 Å². The smallest absolute Gasteiger partial charge is 0.224 e. The van der Waals surface area contributed by atoms with Gasteiger partial charge < -0.3 is 10.3 Å². The Kier molecular flexibility index (Phi) is 5.31. The molecule has 0 atom stereocenters. The van der Waals surface area contributed by atoms with Crippen LogP contribution in [0.15, 0.2) is 66.3 Å². The maximum absolute atomic E-state index is 12.0. The van der Waals surface area contributed by atoms with E-state index in [4.69, 9.17) is 9.97 Å². The van der Waals surface area contributed by atoms with Crippen LogP contribution in [-0.4, -0.2) is 36.0 Å². The number of carbonyl (C=O) groups is 1. The molecule has 0 aliphatic rings. The van der Waals surface area contributed by atoms with Crippen LogP contribution in [0.25, 0.3) is 55.3 Å². The lowest BCUT2D eigenvalue weighted by molar-refractivity contribution is -0.116. The molecule has 0 aliphatic carbocycles. The molecule has 9 heteroatoms. The number of aromatic amines is 2. The Bertz CT molecular complexity index is 1670. The highest BCUT2D eigenvalue weighted by atomic mass is 32.1. The van der Waals surface area contributed by atoms with Crippen molar-refractivity contribution in [2.45, 2.75) is 19.8 Å². The van der Waals surface area contributed by atoms with Gasteiger partial charge in [0.15, 0.2) is 11.5 Å². The Hall–Kier alpha value is -4.37. The number of H-pyrrole nitrogens is 2. The third-order valence-corrected chi connectivity index (χ3v) is 6.63. The minimum absolute atomic E-state index is 0.0289. The monoisotopic (exact) mass is 479 g/mol. The number of pyridine rings is 2. The first-order valence-corrected chi connectivity index (χ1v) is 12.2. The van der Waals surface area contributed by atoms with Gasteiger partial charge in [0.25, 0.3) is 0 Å². The molecule has 1 aromatic carbocycles. The molecule has 0 fully saturated rings. The van der Waals surface area contributed by atoms with Gasteiger partial charge in [-0.1, -0.05) is 25.1 Å². The average Bonchev–Trinajstić information content (AvgIpc) is 3.63. The first-order valence-electron chi connectivity index (χ1n) is 11.3. The predicted octanol–water partition coefficient (Wildman–Crippen LogP) is 6.03. The molecule has 0 saturated heterocycles. The van der Waals surface area contributed by atoms with Crippen molar-refractivity contribution in [2.24, 2.45) is 0 Å². The number of rotatable bonds is 6. The molecule has 0 unspecified atom stereocenters. The van der Waals surface area contributed by atoms with Gasteiger partial charge in [-0.25, -0.2) is 9.97 Å². The first kappa shape index (κ1) is 21.2. The molecule has 172 valence electrons. The Morgan fingerprint density at radius 1 is 1.03 bits per heavy atom. The molecular formula is C26H21N7OS. The van der Waals surface area contributed by atoms with Crippen LogP contribution in [0.3, 0.4) is 0 Å². The van der Waals surface area contributed by atoms with Gasteiger partial charge >= 0.3 is 0 Å². The van der Waals surface area contributed by atoms with E-state index >= 15 is 0 Å². The summed E-state index contributed by atoms with van der Waals surface area (Å²) in [5, 5.41) is 12.5. The zero-order valence-corrected chi connectivity index (χ0v) is 19.7. The summed E-state index contributed by atoms with van der Waals surface area (Å²) in [6, 6.07) is 16.0. The number of nitrogens with one attached hydrogen (secondary N) is 3. The number of anilines is 1. The molecular weight excluding hydrogens is 458 g/mol. The number of nitrogens with zero attached hydrogens (tertiary/aromatic N) is 4. The number of fused-ring (bicyclic) bond motifs is 2. The quantitative estimate of drug-likeness (QED) is 0.270. The summed E-state index contributed by atoms with van der Waals surface area (Å²) < 4.78 is 0. The minimum Gasteiger partial charge on any atom is -0.336 e. The van der Waals surface area contributed by atoms with E-state index in [1.165, 1.54) is 4.88 Å². The second-order valence-electron chi connectivity index (χ2n) is 8.19. The van der Waals surface area contributed by atoms with Crippen LogP contribution >= 0.6 is 11.3 Å². The highest BCUT2D eigenvalue weighted by Gasteiger charge is 2.17. The second-order valence-corrected chi connectivity index (χ2v) is 9.14. The van der Waals surface area contributed by atoms with Crippen molar-refractivity contribution in [3.8, 4) is 33.2 Å². The predicted molar refractivity (Wildman–Crippen MR) is 139 cm³/mol. The molecule has 1 amide bonds. The van der Waals surface area contributed by atoms with E-state index in [0.717, 1.165) is 39.8 Å². The highest BCUT2D eigenvalue weighted by molar-refractivity contribution is 7.13. The van der Waals surface area contributed by atoms with Crippen molar-refractivity contribution in [1.82, 2.24) is 30.1 Å². The zero-order chi connectivity index (χ0) is 23.8. The summed E-state index contributed by atoms with van der Waals surface area (Å²) in [7, 11) is 0. The zero-order valence-electron chi connectivity index (χ0n) is 18.9. The van der Waals surface area contributed by atoms with E-state index in [9.17, 15) is 4.79 Å². The first-order chi connectivity index (χ1) is 17.2. The van der Waals surface area contributed by atoms with Crippen LogP contribution in [0.1, 0.15) is 19.8 Å². The van der Waals surface area contributed by atoms with Gasteiger partial charge in [0.2, 0.25) is 5.91 Å². The number of imidazole rings is 1. The molecule has 35 heavy (non-hydrogen) atoms. The third kappa shape index (κ3) is 3.95. The lowest BCUT2D eigenvalue weighted by atomic mass is 10.1. The summed E-state index contributed by atoms with van der Waals surface area (Å²) in [5.74, 6) is 0.623. The normalized spacial score (nSPS) is 11.3. The highest BCUT2D eigenvalue weighted by Crippen LogP contribution is 2.33. The minimum atomic E-state index is -0.0289. The summed E-state index contributed by atoms with van der Waals surface area (Å²) in [6.07, 6.45) is 4.63. The number of para-hydroxylation sites is 1. The van der Waals surface area contributed by atoms with Crippen molar-refractivity contribution >= 4 is 45.0 Å². The largest absolute Gasteiger partial charge is 0.336 e. The lowest BCUT2D eigenvalue weighted by Gasteiger charge is -2.06. The van der Waals surface area contributed by atoms with Gasteiger partial charge in [0.05, 0.1) is 34.1 Å². The Morgan fingerprint density at radius 2 is 1.97 bits per heavy atom. The second kappa shape index (κ2) is 8.77. The van der Waals surface area contributed by atoms with Gasteiger partial charge in [0, 0.05) is 28.6 Å². The SMILES string of the molecule is CCCC(=O)Nc1cncc(-c2ccc3[nH]nc(-c4nc5c(-c6cccs6)cccc5[nH]4)c3n2)c1. The van der Waals surface area contributed by atoms with E-state index in [0.29, 0.717) is 29.1 Å². The molecule has 0 radical (unpaired) electrons. The summed E-state index contributed by atoms with van der Waals surface area (Å²) in [4.78, 5) is 30.6. The van der Waals surface area contributed by atoms with Crippen molar-refractivity contribution in [3.05, 3.63) is 66.3 Å². The van der Waals surface area contributed by atoms with E-state index in [2.05, 4.69) is 43.0 Å². The van der Waals surface area contributed by atoms with Gasteiger partial charge in [-0.3, -0.25) is 14.9 Å². The number of amides is 1. The topological polar surface area (TPSA) is 112 Å². The van der Waals surface area contributed by atoms with E-state index in [1.54, 1.807) is 23.7 Å². The van der Waals surface area contributed by atoms with E-state index in [-0.39, 0.29) is 5.91 Å². The number of thiophene rings is 1. The molecule has 0 bridgehead atoms. The summed E-state index contributed by atoms with van der Waals surface area (Å²) in [5.41, 5.74) is 7.27. The molecule has 0 saturated carbocycles. The maximum Gasteiger partial charge on any atom is 0.224 e. The van der Waals surface area contributed by atoms with E-state index in [1.807, 2.05) is 43.3 Å². The van der Waals surface area contributed by atoms with Crippen molar-refractivity contribution < 1.29 is 4.79 Å². The number of benzene rings is 1. The van der Waals surface area contributed by atoms with Crippen LogP contribution in [0, 0.1) is 0 Å². The summed E-state index contributed by atoms with van der Waals surface area (Å²) in [6.45, 7) is 1.97. The van der Waals surface area contributed by atoms with Crippen LogP contribution in [-0.2, 0) is 4.79 Å². The van der Waals surface area contributed by atoms with Crippen LogP contribution < -0.4 is 5.32 Å². The van der Waals surface area contributed by atoms with Gasteiger partial charge in [-0.05, 0) is 42.1 Å². The Balaban J connectivity index is 1.40. The third-order valence-electron chi connectivity index (χ3n) is 5.73. The molecule has 8 nitrogen and oxygen atoms in total. The molecule has 6 rings (SSSR count). The number of hydrogen-bond donors (Lipinski definition) is 3. The number of hydrogen-bond acceptors (Lipinski definition) is 6. The molecule has 3 N–H and O–H groups in total. The Labute approximate surface area is 204 Å². The molecule has 6 aromatic rings. The standard InChI is InChI=1S/C26H21N7OS/c1-2-5-22(34)28-16-12-15(13-27-14-16)18-9-10-20-24(29-18)25(33-32-20)26-30-19-7-3-6-17(23(19)31-26)21-8-4-11-35-21/h3-4,6-14H,2,5H2,1H3,(H,28,34)(H,30,31)(H,32,33).